The van der Waals surface area contributed by atoms with Crippen molar-refractivity contribution in [2.75, 3.05) is 30.9 Å². The standard InChI is InChI=1S/C23H35N3O3S/c1-3-14-30-23-19(22(28)24-18-9-5-4-6-10-18)11-12-20(25-23)26-13-7-8-17(16-26)15-21(27)29-2/h11-12,17-18H,3-10,13-16H2,1-2H3,(H,24,28)/t17-/m0/s1. The van der Waals surface area contributed by atoms with E-state index in [1.807, 2.05) is 12.1 Å². The van der Waals surface area contributed by atoms with Crippen LogP contribution in [0.4, 0.5) is 5.82 Å². The van der Waals surface area contributed by atoms with E-state index in [9.17, 15) is 9.59 Å². The second-order valence-electron chi connectivity index (χ2n) is 8.41. The van der Waals surface area contributed by atoms with E-state index in [1.165, 1.54) is 26.4 Å². The van der Waals surface area contributed by atoms with E-state index in [0.29, 0.717) is 12.0 Å². The van der Waals surface area contributed by atoms with E-state index in [0.717, 1.165) is 61.8 Å². The second kappa shape index (κ2) is 11.6. The number of esters is 1. The fourth-order valence-corrected chi connectivity index (χ4v) is 5.23. The molecule has 0 radical (unpaired) electrons. The Balaban J connectivity index is 1.72. The number of anilines is 1. The van der Waals surface area contributed by atoms with Crippen LogP contribution in [0.3, 0.4) is 0 Å². The summed E-state index contributed by atoms with van der Waals surface area (Å²) in [5.74, 6) is 1.97. The van der Waals surface area contributed by atoms with Crippen molar-refractivity contribution >= 4 is 29.5 Å². The zero-order valence-corrected chi connectivity index (χ0v) is 19.1. The molecule has 1 aromatic rings. The van der Waals surface area contributed by atoms with Crippen LogP contribution >= 0.6 is 11.8 Å². The first-order valence-electron chi connectivity index (χ1n) is 11.4. The van der Waals surface area contributed by atoms with Gasteiger partial charge in [-0.05, 0) is 55.9 Å². The highest BCUT2D eigenvalue weighted by Gasteiger charge is 2.25. The monoisotopic (exact) mass is 433 g/mol. The third-order valence-electron chi connectivity index (χ3n) is 6.00. The summed E-state index contributed by atoms with van der Waals surface area (Å²) < 4.78 is 4.84. The lowest BCUT2D eigenvalue weighted by atomic mass is 9.95. The molecule has 0 spiro atoms. The Morgan fingerprint density at radius 3 is 2.73 bits per heavy atom. The number of amides is 1. The molecule has 1 amide bonds. The molecule has 7 heteroatoms. The highest BCUT2D eigenvalue weighted by atomic mass is 32.2. The Hall–Kier alpha value is -1.76. The van der Waals surface area contributed by atoms with Gasteiger partial charge in [0, 0.05) is 25.6 Å². The van der Waals surface area contributed by atoms with Crippen LogP contribution in [0.1, 0.15) is 75.1 Å². The molecule has 2 aliphatic rings. The van der Waals surface area contributed by atoms with E-state index in [1.54, 1.807) is 11.8 Å². The molecule has 1 N–H and O–H groups in total. The van der Waals surface area contributed by atoms with Gasteiger partial charge in [-0.15, -0.1) is 11.8 Å². The van der Waals surface area contributed by atoms with Crippen LogP contribution in [0.25, 0.3) is 0 Å². The number of hydrogen-bond acceptors (Lipinski definition) is 6. The first kappa shape index (κ1) is 22.9. The maximum absolute atomic E-state index is 13.0. The maximum atomic E-state index is 13.0. The summed E-state index contributed by atoms with van der Waals surface area (Å²) in [5, 5.41) is 4.05. The van der Waals surface area contributed by atoms with Crippen molar-refractivity contribution in [1.82, 2.24) is 10.3 Å². The Morgan fingerprint density at radius 2 is 2.00 bits per heavy atom. The van der Waals surface area contributed by atoms with Crippen molar-refractivity contribution in [3.8, 4) is 0 Å². The van der Waals surface area contributed by atoms with Crippen molar-refractivity contribution in [3.63, 3.8) is 0 Å². The van der Waals surface area contributed by atoms with Gasteiger partial charge in [-0.3, -0.25) is 9.59 Å². The largest absolute Gasteiger partial charge is 0.469 e. The van der Waals surface area contributed by atoms with Crippen LogP contribution in [0.15, 0.2) is 17.2 Å². The smallest absolute Gasteiger partial charge is 0.305 e. The number of carbonyl (C=O) groups is 2. The number of thioether (sulfide) groups is 1. The molecule has 30 heavy (non-hydrogen) atoms. The van der Waals surface area contributed by atoms with Crippen LogP contribution in [0.2, 0.25) is 0 Å². The number of piperidine rings is 1. The number of pyridine rings is 1. The van der Waals surface area contributed by atoms with Crippen LogP contribution in [-0.4, -0.2) is 48.9 Å². The molecule has 1 aliphatic heterocycles. The fourth-order valence-electron chi connectivity index (χ4n) is 4.36. The Morgan fingerprint density at radius 1 is 1.20 bits per heavy atom. The van der Waals surface area contributed by atoms with Crippen molar-refractivity contribution in [1.29, 1.82) is 0 Å². The predicted octanol–water partition coefficient (Wildman–Crippen LogP) is 4.43. The number of carbonyl (C=O) groups excluding carboxylic acids is 2. The summed E-state index contributed by atoms with van der Waals surface area (Å²) in [6, 6.07) is 4.19. The quantitative estimate of drug-likeness (QED) is 0.483. The molecule has 1 saturated carbocycles. The summed E-state index contributed by atoms with van der Waals surface area (Å²) in [7, 11) is 1.44. The molecule has 1 atom stereocenters. The number of aromatic nitrogens is 1. The van der Waals surface area contributed by atoms with Crippen molar-refractivity contribution in [2.24, 2.45) is 5.92 Å². The average molecular weight is 434 g/mol. The second-order valence-corrected chi connectivity index (χ2v) is 9.50. The Kier molecular flexibility index (Phi) is 8.85. The molecule has 0 bridgehead atoms. The minimum absolute atomic E-state index is 0.00163. The van der Waals surface area contributed by atoms with Crippen molar-refractivity contribution in [3.05, 3.63) is 17.7 Å². The number of hydrogen-bond donors (Lipinski definition) is 1. The molecule has 3 rings (SSSR count). The zero-order chi connectivity index (χ0) is 21.3. The number of methoxy groups -OCH3 is 1. The van der Waals surface area contributed by atoms with Crippen LogP contribution in [0, 0.1) is 5.92 Å². The molecule has 1 saturated heterocycles. The molecule has 2 fully saturated rings. The van der Waals surface area contributed by atoms with E-state index in [2.05, 4.69) is 17.1 Å². The normalized spacial score (nSPS) is 20.1. The van der Waals surface area contributed by atoms with Gasteiger partial charge in [0.05, 0.1) is 12.7 Å². The minimum atomic E-state index is -0.149. The van der Waals surface area contributed by atoms with Crippen LogP contribution in [0.5, 0.6) is 0 Å². The molecule has 0 unspecified atom stereocenters. The summed E-state index contributed by atoms with van der Waals surface area (Å²) in [4.78, 5) is 31.8. The number of rotatable bonds is 8. The van der Waals surface area contributed by atoms with Crippen LogP contribution in [-0.2, 0) is 9.53 Å². The van der Waals surface area contributed by atoms with Gasteiger partial charge in [0.2, 0.25) is 0 Å². The summed E-state index contributed by atoms with van der Waals surface area (Å²) in [5.41, 5.74) is 0.686. The molecule has 166 valence electrons. The third-order valence-corrected chi connectivity index (χ3v) is 7.20. The molecular weight excluding hydrogens is 398 g/mol. The molecule has 2 heterocycles. The van der Waals surface area contributed by atoms with Gasteiger partial charge in [0.1, 0.15) is 10.8 Å². The molecular formula is C23H35N3O3S. The number of nitrogens with one attached hydrogen (secondary N) is 1. The fraction of sp³-hybridized carbons (Fsp3) is 0.696. The van der Waals surface area contributed by atoms with Gasteiger partial charge >= 0.3 is 5.97 Å². The maximum Gasteiger partial charge on any atom is 0.305 e. The first-order valence-corrected chi connectivity index (χ1v) is 12.4. The lowest BCUT2D eigenvalue weighted by molar-refractivity contribution is -0.141. The molecule has 6 nitrogen and oxygen atoms in total. The van der Waals surface area contributed by atoms with Crippen molar-refractivity contribution in [2.45, 2.75) is 75.8 Å². The Bertz CT molecular complexity index is 722. The third kappa shape index (κ3) is 6.37. The Labute approximate surface area is 184 Å². The van der Waals surface area contributed by atoms with E-state index >= 15 is 0 Å². The summed E-state index contributed by atoms with van der Waals surface area (Å²) in [6.45, 7) is 3.87. The SMILES string of the molecule is CCCSc1nc(N2CCC[C@@H](CC(=O)OC)C2)ccc1C(=O)NC1CCCCC1. The van der Waals surface area contributed by atoms with E-state index < -0.39 is 0 Å². The first-order chi connectivity index (χ1) is 14.6. The zero-order valence-electron chi connectivity index (χ0n) is 18.3. The van der Waals surface area contributed by atoms with Crippen molar-refractivity contribution < 1.29 is 14.3 Å². The lowest BCUT2D eigenvalue weighted by Crippen LogP contribution is -2.38. The number of ether oxygens (including phenoxy) is 1. The summed E-state index contributed by atoms with van der Waals surface area (Å²) >= 11 is 1.66. The highest BCUT2D eigenvalue weighted by Crippen LogP contribution is 2.29. The summed E-state index contributed by atoms with van der Waals surface area (Å²) in [6.07, 6.45) is 9.36. The van der Waals surface area contributed by atoms with Gasteiger partial charge in [-0.1, -0.05) is 26.2 Å². The van der Waals surface area contributed by atoms with Gasteiger partial charge in [0.25, 0.3) is 5.91 Å². The average Bonchev–Trinajstić information content (AvgIpc) is 2.78. The molecule has 1 aromatic heterocycles. The van der Waals surface area contributed by atoms with E-state index in [4.69, 9.17) is 9.72 Å². The van der Waals surface area contributed by atoms with E-state index in [-0.39, 0.29) is 23.8 Å². The van der Waals surface area contributed by atoms with Gasteiger partial charge in [-0.2, -0.15) is 0 Å². The van der Waals surface area contributed by atoms with Gasteiger partial charge in [-0.25, -0.2) is 4.98 Å². The molecule has 1 aliphatic carbocycles. The minimum Gasteiger partial charge on any atom is -0.469 e. The highest BCUT2D eigenvalue weighted by molar-refractivity contribution is 7.99. The lowest BCUT2D eigenvalue weighted by Gasteiger charge is -2.33. The topological polar surface area (TPSA) is 71.5 Å². The van der Waals surface area contributed by atoms with Crippen LogP contribution < -0.4 is 10.2 Å². The molecule has 0 aromatic carbocycles. The van der Waals surface area contributed by atoms with Gasteiger partial charge < -0.3 is 15.0 Å². The number of nitrogens with zero attached hydrogens (tertiary/aromatic N) is 2. The predicted molar refractivity (Wildman–Crippen MR) is 121 cm³/mol. The van der Waals surface area contributed by atoms with Gasteiger partial charge in [0.15, 0.2) is 0 Å².